The van der Waals surface area contributed by atoms with E-state index in [2.05, 4.69) is 5.32 Å². The molecule has 1 aromatic carbocycles. The first-order valence-electron chi connectivity index (χ1n) is 6.99. The van der Waals surface area contributed by atoms with Gasteiger partial charge < -0.3 is 9.47 Å². The molecule has 1 rings (SSSR count). The fourth-order valence-electron chi connectivity index (χ4n) is 1.71. The number of carbonyl (C=O) groups is 2. The van der Waals surface area contributed by atoms with Crippen LogP contribution < -0.4 is 5.32 Å². The number of rotatable bonds is 4. The molecule has 21 heavy (non-hydrogen) atoms. The van der Waals surface area contributed by atoms with Crippen LogP contribution in [0.5, 0.6) is 0 Å². The molecule has 0 aliphatic heterocycles. The molecule has 116 valence electrons. The Labute approximate surface area is 125 Å². The van der Waals surface area contributed by atoms with Crippen molar-refractivity contribution in [2.45, 2.75) is 46.1 Å². The van der Waals surface area contributed by atoms with Gasteiger partial charge in [-0.05, 0) is 52.3 Å². The van der Waals surface area contributed by atoms with Gasteiger partial charge in [0.2, 0.25) is 0 Å². The van der Waals surface area contributed by atoms with E-state index in [0.29, 0.717) is 12.3 Å². The van der Waals surface area contributed by atoms with Gasteiger partial charge in [0.15, 0.2) is 0 Å². The molecule has 1 aromatic rings. The second kappa shape index (κ2) is 7.11. The van der Waals surface area contributed by atoms with E-state index in [4.69, 9.17) is 9.47 Å². The number of carbonyl (C=O) groups excluding carboxylic acids is 2. The van der Waals surface area contributed by atoms with Crippen molar-refractivity contribution in [1.29, 1.82) is 0 Å². The maximum atomic E-state index is 11.7. The summed E-state index contributed by atoms with van der Waals surface area (Å²) >= 11 is 0. The van der Waals surface area contributed by atoms with Crippen LogP contribution in [0, 0.1) is 0 Å². The summed E-state index contributed by atoms with van der Waals surface area (Å²) in [5, 5.41) is 2.65. The summed E-state index contributed by atoms with van der Waals surface area (Å²) in [6.07, 6.45) is -0.525. The zero-order valence-corrected chi connectivity index (χ0v) is 13.2. The summed E-state index contributed by atoms with van der Waals surface area (Å²) in [4.78, 5) is 23.5. The second-order valence-corrected chi connectivity index (χ2v) is 5.73. The molecule has 0 fully saturated rings. The molecule has 0 aliphatic rings. The number of hydrogen-bond donors (Lipinski definition) is 1. The van der Waals surface area contributed by atoms with Crippen LogP contribution >= 0.6 is 0 Å². The quantitative estimate of drug-likeness (QED) is 0.860. The summed E-state index contributed by atoms with van der Waals surface area (Å²) in [5.41, 5.74) is 0.805. The fraction of sp³-hybridized carbons (Fsp3) is 0.500. The zero-order chi connectivity index (χ0) is 16.0. The van der Waals surface area contributed by atoms with Crippen molar-refractivity contribution in [2.75, 3.05) is 11.9 Å². The first-order chi connectivity index (χ1) is 9.73. The van der Waals surface area contributed by atoms with Gasteiger partial charge >= 0.3 is 12.1 Å². The summed E-state index contributed by atoms with van der Waals surface area (Å²) in [7, 11) is 0. The molecule has 1 unspecified atom stereocenters. The lowest BCUT2D eigenvalue weighted by Gasteiger charge is -2.20. The van der Waals surface area contributed by atoms with E-state index in [9.17, 15) is 9.59 Å². The van der Waals surface area contributed by atoms with E-state index in [1.165, 1.54) is 0 Å². The Morgan fingerprint density at radius 2 is 1.95 bits per heavy atom. The molecule has 0 saturated carbocycles. The van der Waals surface area contributed by atoms with Crippen LogP contribution in [0.2, 0.25) is 0 Å². The predicted molar refractivity (Wildman–Crippen MR) is 81.3 cm³/mol. The van der Waals surface area contributed by atoms with Crippen molar-refractivity contribution in [3.63, 3.8) is 0 Å². The van der Waals surface area contributed by atoms with Gasteiger partial charge in [0.05, 0.1) is 12.5 Å². The molecule has 0 aliphatic carbocycles. The van der Waals surface area contributed by atoms with E-state index >= 15 is 0 Å². The normalized spacial score (nSPS) is 12.4. The predicted octanol–water partition coefficient (Wildman–Crippen LogP) is 3.70. The van der Waals surface area contributed by atoms with Gasteiger partial charge in [-0.3, -0.25) is 10.1 Å². The van der Waals surface area contributed by atoms with Crippen molar-refractivity contribution < 1.29 is 19.1 Å². The van der Waals surface area contributed by atoms with Crippen LogP contribution in [0.15, 0.2) is 24.3 Å². The molecule has 5 heteroatoms. The fourth-order valence-corrected chi connectivity index (χ4v) is 1.71. The van der Waals surface area contributed by atoms with Gasteiger partial charge in [-0.2, -0.15) is 0 Å². The van der Waals surface area contributed by atoms with Crippen LogP contribution in [0.4, 0.5) is 10.5 Å². The van der Waals surface area contributed by atoms with Crippen molar-refractivity contribution in [2.24, 2.45) is 0 Å². The Bertz CT molecular complexity index is 505. The van der Waals surface area contributed by atoms with Crippen molar-refractivity contribution >= 4 is 17.7 Å². The van der Waals surface area contributed by atoms with Gasteiger partial charge in [0.1, 0.15) is 5.60 Å². The molecule has 0 aromatic heterocycles. The first kappa shape index (κ1) is 17.0. The summed E-state index contributed by atoms with van der Waals surface area (Å²) in [6, 6.07) is 7.08. The molecule has 0 bridgehead atoms. The number of amides is 1. The number of nitrogens with one attached hydrogen (secondary N) is 1. The maximum Gasteiger partial charge on any atom is 0.412 e. The second-order valence-electron chi connectivity index (χ2n) is 5.73. The van der Waals surface area contributed by atoms with Crippen LogP contribution in [-0.2, 0) is 14.3 Å². The third-order valence-corrected chi connectivity index (χ3v) is 2.67. The highest BCUT2D eigenvalue weighted by molar-refractivity contribution is 5.85. The van der Waals surface area contributed by atoms with Crippen molar-refractivity contribution in [3.05, 3.63) is 29.8 Å². The van der Waals surface area contributed by atoms with Gasteiger partial charge in [-0.1, -0.05) is 12.1 Å². The third-order valence-electron chi connectivity index (χ3n) is 2.67. The summed E-state index contributed by atoms with van der Waals surface area (Å²) in [5.74, 6) is -0.669. The van der Waals surface area contributed by atoms with Crippen LogP contribution in [0.25, 0.3) is 0 Å². The van der Waals surface area contributed by atoms with Crippen LogP contribution in [-0.4, -0.2) is 24.3 Å². The molecule has 5 nitrogen and oxygen atoms in total. The average Bonchev–Trinajstić information content (AvgIpc) is 2.36. The lowest BCUT2D eigenvalue weighted by atomic mass is 10.0. The minimum absolute atomic E-state index is 0.285. The monoisotopic (exact) mass is 293 g/mol. The summed E-state index contributed by atoms with van der Waals surface area (Å²) < 4.78 is 10.2. The number of esters is 1. The number of hydrogen-bond acceptors (Lipinski definition) is 4. The van der Waals surface area contributed by atoms with E-state index in [1.807, 2.05) is 6.07 Å². The SMILES string of the molecule is CCOC(=O)C(C)c1cccc(NC(=O)OC(C)(C)C)c1. The van der Waals surface area contributed by atoms with Gasteiger partial charge in [-0.25, -0.2) is 4.79 Å². The highest BCUT2D eigenvalue weighted by Gasteiger charge is 2.18. The highest BCUT2D eigenvalue weighted by atomic mass is 16.6. The standard InChI is InChI=1S/C16H23NO4/c1-6-20-14(18)11(2)12-8-7-9-13(10-12)17-15(19)21-16(3,4)5/h7-11H,6H2,1-5H3,(H,17,19). The Kier molecular flexibility index (Phi) is 5.76. The molecule has 0 saturated heterocycles. The number of benzene rings is 1. The van der Waals surface area contributed by atoms with E-state index in [0.717, 1.165) is 5.56 Å². The van der Waals surface area contributed by atoms with Gasteiger partial charge in [0.25, 0.3) is 0 Å². The zero-order valence-electron chi connectivity index (χ0n) is 13.2. The molecule has 1 amide bonds. The van der Waals surface area contributed by atoms with Crippen LogP contribution in [0.1, 0.15) is 46.1 Å². The lowest BCUT2D eigenvalue weighted by molar-refractivity contribution is -0.144. The molecule has 0 spiro atoms. The van der Waals surface area contributed by atoms with Crippen molar-refractivity contribution in [3.8, 4) is 0 Å². The minimum atomic E-state index is -0.556. The molecule has 1 atom stereocenters. The first-order valence-corrected chi connectivity index (χ1v) is 6.99. The number of anilines is 1. The largest absolute Gasteiger partial charge is 0.466 e. The Balaban J connectivity index is 2.77. The molecular formula is C16H23NO4. The molecule has 1 N–H and O–H groups in total. The molecule has 0 radical (unpaired) electrons. The van der Waals surface area contributed by atoms with Crippen LogP contribution in [0.3, 0.4) is 0 Å². The van der Waals surface area contributed by atoms with Gasteiger partial charge in [-0.15, -0.1) is 0 Å². The van der Waals surface area contributed by atoms with Crippen molar-refractivity contribution in [1.82, 2.24) is 0 Å². The Morgan fingerprint density at radius 1 is 1.29 bits per heavy atom. The van der Waals surface area contributed by atoms with Gasteiger partial charge in [0, 0.05) is 5.69 Å². The minimum Gasteiger partial charge on any atom is -0.466 e. The smallest absolute Gasteiger partial charge is 0.412 e. The Hall–Kier alpha value is -2.04. The van der Waals surface area contributed by atoms with E-state index in [-0.39, 0.29) is 11.9 Å². The summed E-state index contributed by atoms with van der Waals surface area (Å²) in [6.45, 7) is 9.28. The maximum absolute atomic E-state index is 11.7. The topological polar surface area (TPSA) is 64.6 Å². The third kappa shape index (κ3) is 5.85. The average molecular weight is 293 g/mol. The molecular weight excluding hydrogens is 270 g/mol. The number of ether oxygens (including phenoxy) is 2. The lowest BCUT2D eigenvalue weighted by Crippen LogP contribution is -2.27. The van der Waals surface area contributed by atoms with E-state index < -0.39 is 11.7 Å². The molecule has 0 heterocycles. The highest BCUT2D eigenvalue weighted by Crippen LogP contribution is 2.21. The van der Waals surface area contributed by atoms with E-state index in [1.54, 1.807) is 52.8 Å². The Morgan fingerprint density at radius 3 is 2.52 bits per heavy atom.